The van der Waals surface area contributed by atoms with Crippen molar-refractivity contribution in [3.05, 3.63) is 22.4 Å². The van der Waals surface area contributed by atoms with Crippen molar-refractivity contribution in [1.29, 1.82) is 0 Å². The first-order valence-corrected chi connectivity index (χ1v) is 5.90. The van der Waals surface area contributed by atoms with Crippen LogP contribution in [0.2, 0.25) is 0 Å². The smallest absolute Gasteiger partial charge is 0.0904 e. The lowest BCUT2D eigenvalue weighted by molar-refractivity contribution is -0.00292. The summed E-state index contributed by atoms with van der Waals surface area (Å²) in [5, 5.41) is 14.5. The van der Waals surface area contributed by atoms with Crippen LogP contribution in [0, 0.1) is 5.92 Å². The van der Waals surface area contributed by atoms with E-state index in [1.165, 1.54) is 25.7 Å². The van der Waals surface area contributed by atoms with Gasteiger partial charge in [0.15, 0.2) is 0 Å². The van der Waals surface area contributed by atoms with Crippen molar-refractivity contribution in [2.45, 2.75) is 38.2 Å². The minimum atomic E-state index is -0.587. The fourth-order valence-electron chi connectivity index (χ4n) is 2.28. The maximum absolute atomic E-state index is 10.4. The summed E-state index contributed by atoms with van der Waals surface area (Å²) in [6.45, 7) is 1.96. The molecule has 1 saturated carbocycles. The van der Waals surface area contributed by atoms with Crippen LogP contribution < -0.4 is 0 Å². The van der Waals surface area contributed by atoms with Crippen LogP contribution in [0.15, 0.2) is 16.8 Å². The second kappa shape index (κ2) is 3.43. The first-order valence-electron chi connectivity index (χ1n) is 4.96. The molecule has 0 radical (unpaired) electrons. The van der Waals surface area contributed by atoms with Crippen molar-refractivity contribution in [2.24, 2.45) is 5.92 Å². The summed E-state index contributed by atoms with van der Waals surface area (Å²) in [5.74, 6) is 0.474. The van der Waals surface area contributed by atoms with E-state index >= 15 is 0 Å². The highest BCUT2D eigenvalue weighted by molar-refractivity contribution is 7.08. The molecule has 1 aromatic heterocycles. The minimum absolute atomic E-state index is 0.474. The Morgan fingerprint density at radius 2 is 2.15 bits per heavy atom. The Morgan fingerprint density at radius 1 is 1.46 bits per heavy atom. The maximum Gasteiger partial charge on any atom is 0.0904 e. The highest BCUT2D eigenvalue weighted by Crippen LogP contribution is 2.40. The van der Waals surface area contributed by atoms with E-state index in [1.807, 2.05) is 18.4 Å². The van der Waals surface area contributed by atoms with Crippen molar-refractivity contribution in [1.82, 2.24) is 0 Å². The molecule has 1 unspecified atom stereocenters. The Morgan fingerprint density at radius 3 is 2.69 bits per heavy atom. The van der Waals surface area contributed by atoms with Gasteiger partial charge in [0, 0.05) is 0 Å². The van der Waals surface area contributed by atoms with Crippen molar-refractivity contribution < 1.29 is 5.11 Å². The zero-order valence-corrected chi connectivity index (χ0v) is 8.81. The van der Waals surface area contributed by atoms with Crippen LogP contribution in [0.3, 0.4) is 0 Å². The molecule has 0 aromatic carbocycles. The van der Waals surface area contributed by atoms with Gasteiger partial charge in [0.1, 0.15) is 0 Å². The molecule has 13 heavy (non-hydrogen) atoms. The lowest BCUT2D eigenvalue weighted by Crippen LogP contribution is -2.29. The summed E-state index contributed by atoms with van der Waals surface area (Å²) in [5.41, 5.74) is 0.514. The number of aliphatic hydroxyl groups is 1. The Hall–Kier alpha value is -0.340. The molecule has 0 spiro atoms. The van der Waals surface area contributed by atoms with E-state index in [0.29, 0.717) is 5.92 Å². The predicted molar refractivity (Wildman–Crippen MR) is 55.8 cm³/mol. The molecule has 1 N–H and O–H groups in total. The van der Waals surface area contributed by atoms with E-state index in [0.717, 1.165) is 5.56 Å². The average Bonchev–Trinajstić information content (AvgIpc) is 2.78. The molecule has 0 saturated heterocycles. The number of hydrogen-bond donors (Lipinski definition) is 1. The fraction of sp³-hybridized carbons (Fsp3) is 0.636. The van der Waals surface area contributed by atoms with Crippen LogP contribution >= 0.6 is 11.3 Å². The molecule has 1 atom stereocenters. The van der Waals surface area contributed by atoms with Gasteiger partial charge in [-0.05, 0) is 48.1 Å². The third-order valence-electron chi connectivity index (χ3n) is 3.26. The fourth-order valence-corrected chi connectivity index (χ4v) is 3.04. The molecule has 1 aliphatic carbocycles. The quantitative estimate of drug-likeness (QED) is 0.770. The highest BCUT2D eigenvalue weighted by Gasteiger charge is 2.35. The molecule has 2 heteroatoms. The van der Waals surface area contributed by atoms with Gasteiger partial charge in [-0.1, -0.05) is 12.8 Å². The first-order chi connectivity index (χ1) is 6.21. The van der Waals surface area contributed by atoms with Crippen molar-refractivity contribution in [3.63, 3.8) is 0 Å². The van der Waals surface area contributed by atoms with Gasteiger partial charge in [0.25, 0.3) is 0 Å². The molecule has 1 aromatic rings. The predicted octanol–water partition coefficient (Wildman–Crippen LogP) is 3.15. The van der Waals surface area contributed by atoms with E-state index in [1.54, 1.807) is 11.3 Å². The van der Waals surface area contributed by atoms with Crippen LogP contribution in [-0.2, 0) is 5.60 Å². The second-order valence-electron chi connectivity index (χ2n) is 4.14. The van der Waals surface area contributed by atoms with Crippen LogP contribution in [0.1, 0.15) is 38.2 Å². The summed E-state index contributed by atoms with van der Waals surface area (Å²) in [6, 6.07) is 2.04. The molecule has 0 amide bonds. The summed E-state index contributed by atoms with van der Waals surface area (Å²) < 4.78 is 0. The molecule has 0 bridgehead atoms. The number of thiophene rings is 1. The minimum Gasteiger partial charge on any atom is -0.385 e. The average molecular weight is 196 g/mol. The van der Waals surface area contributed by atoms with Gasteiger partial charge in [-0.2, -0.15) is 11.3 Å². The summed E-state index contributed by atoms with van der Waals surface area (Å²) in [4.78, 5) is 0. The molecular weight excluding hydrogens is 180 g/mol. The zero-order chi connectivity index (χ0) is 9.31. The monoisotopic (exact) mass is 196 g/mol. The molecule has 1 heterocycles. The Bertz CT molecular complexity index is 258. The molecule has 2 rings (SSSR count). The van der Waals surface area contributed by atoms with Crippen molar-refractivity contribution in [3.8, 4) is 0 Å². The largest absolute Gasteiger partial charge is 0.385 e. The van der Waals surface area contributed by atoms with Gasteiger partial charge in [-0.15, -0.1) is 0 Å². The summed E-state index contributed by atoms with van der Waals surface area (Å²) >= 11 is 1.67. The third-order valence-corrected chi connectivity index (χ3v) is 3.94. The molecule has 72 valence electrons. The number of rotatable bonds is 2. The first kappa shape index (κ1) is 9.22. The Balaban J connectivity index is 2.19. The van der Waals surface area contributed by atoms with Crippen LogP contribution in [0.25, 0.3) is 0 Å². The van der Waals surface area contributed by atoms with E-state index in [-0.39, 0.29) is 0 Å². The van der Waals surface area contributed by atoms with E-state index in [2.05, 4.69) is 5.38 Å². The molecule has 1 fully saturated rings. The van der Waals surface area contributed by atoms with E-state index in [9.17, 15) is 5.11 Å². The molecule has 1 nitrogen and oxygen atoms in total. The highest BCUT2D eigenvalue weighted by atomic mass is 32.1. The Kier molecular flexibility index (Phi) is 2.43. The van der Waals surface area contributed by atoms with Gasteiger partial charge in [0.2, 0.25) is 0 Å². The topological polar surface area (TPSA) is 20.2 Å². The van der Waals surface area contributed by atoms with Crippen LogP contribution in [-0.4, -0.2) is 5.11 Å². The molecular formula is C11H16OS. The summed E-state index contributed by atoms with van der Waals surface area (Å²) in [7, 11) is 0. The maximum atomic E-state index is 10.4. The lowest BCUT2D eigenvalue weighted by Gasteiger charge is -2.29. The van der Waals surface area contributed by atoms with E-state index in [4.69, 9.17) is 0 Å². The van der Waals surface area contributed by atoms with Gasteiger partial charge in [0.05, 0.1) is 5.60 Å². The van der Waals surface area contributed by atoms with Gasteiger partial charge in [-0.3, -0.25) is 0 Å². The number of hydrogen-bond acceptors (Lipinski definition) is 2. The Labute approximate surface area is 83.4 Å². The van der Waals surface area contributed by atoms with Crippen molar-refractivity contribution in [2.75, 3.05) is 0 Å². The normalized spacial score (nSPS) is 23.2. The lowest BCUT2D eigenvalue weighted by atomic mass is 9.83. The van der Waals surface area contributed by atoms with Crippen LogP contribution in [0.5, 0.6) is 0 Å². The van der Waals surface area contributed by atoms with Crippen molar-refractivity contribution >= 4 is 11.3 Å². The second-order valence-corrected chi connectivity index (χ2v) is 4.92. The molecule has 0 aliphatic heterocycles. The third kappa shape index (κ3) is 1.65. The standard InChI is InChI=1S/C11H16OS/c1-11(12,9-4-2-3-5-9)10-6-7-13-8-10/h6-9,12H,2-5H2,1H3. The van der Waals surface area contributed by atoms with Gasteiger partial charge in [-0.25, -0.2) is 0 Å². The van der Waals surface area contributed by atoms with Gasteiger partial charge >= 0.3 is 0 Å². The van der Waals surface area contributed by atoms with E-state index < -0.39 is 5.60 Å². The zero-order valence-electron chi connectivity index (χ0n) is 7.99. The van der Waals surface area contributed by atoms with Gasteiger partial charge < -0.3 is 5.11 Å². The summed E-state index contributed by atoms with van der Waals surface area (Å²) in [6.07, 6.45) is 4.93. The molecule has 1 aliphatic rings. The SMILES string of the molecule is CC(O)(c1ccsc1)C1CCCC1. The van der Waals surface area contributed by atoms with Crippen LogP contribution in [0.4, 0.5) is 0 Å².